The topological polar surface area (TPSA) is 90.1 Å². The summed E-state index contributed by atoms with van der Waals surface area (Å²) in [7, 11) is 0. The number of nitrogens with one attached hydrogen (secondary N) is 4. The first kappa shape index (κ1) is 22.0. The monoisotopic (exact) mass is 449 g/mol. The van der Waals surface area contributed by atoms with Crippen LogP contribution in [0.25, 0.3) is 10.9 Å². The van der Waals surface area contributed by atoms with E-state index in [-0.39, 0.29) is 0 Å². The zero-order chi connectivity index (χ0) is 22.3. The first-order valence-electron chi connectivity index (χ1n) is 12.3. The third kappa shape index (κ3) is 5.94. The van der Waals surface area contributed by atoms with E-state index in [2.05, 4.69) is 47.9 Å². The minimum absolute atomic E-state index is 0.583. The number of rotatable bonds is 10. The number of fused-ring (bicyclic) bond motifs is 1. The number of hydrogen-bond donors (Lipinski definition) is 4. The number of anilines is 3. The normalized spacial score (nSPS) is 17.5. The number of H-pyrrole nitrogens is 1. The van der Waals surface area contributed by atoms with Crippen LogP contribution >= 0.6 is 0 Å². The van der Waals surface area contributed by atoms with Gasteiger partial charge in [-0.3, -0.25) is 0 Å². The number of likely N-dealkylation sites (tertiary alicyclic amines) is 1. The molecule has 0 unspecified atom stereocenters. The molecule has 2 aliphatic rings. The maximum atomic E-state index is 6.19. The van der Waals surface area contributed by atoms with Crippen LogP contribution < -0.4 is 20.7 Å². The molecule has 5 rings (SSSR count). The van der Waals surface area contributed by atoms with Crippen LogP contribution in [0.4, 0.5) is 17.5 Å². The molecule has 2 aromatic heterocycles. The Bertz CT molecular complexity index is 1020. The molecule has 0 aliphatic carbocycles. The third-order valence-corrected chi connectivity index (χ3v) is 6.64. The molecule has 4 heterocycles. The van der Waals surface area contributed by atoms with Crippen molar-refractivity contribution in [2.24, 2.45) is 5.92 Å². The summed E-state index contributed by atoms with van der Waals surface area (Å²) in [4.78, 5) is 14.9. The van der Waals surface area contributed by atoms with E-state index in [0.717, 1.165) is 60.8 Å². The van der Waals surface area contributed by atoms with Crippen LogP contribution in [-0.2, 0) is 0 Å². The molecule has 1 aromatic carbocycles. The van der Waals surface area contributed by atoms with E-state index < -0.39 is 0 Å². The number of ether oxygens (including phenoxy) is 1. The highest BCUT2D eigenvalue weighted by molar-refractivity contribution is 5.89. The Morgan fingerprint density at radius 2 is 2.00 bits per heavy atom. The largest absolute Gasteiger partial charge is 0.491 e. The lowest BCUT2D eigenvalue weighted by Gasteiger charge is -2.23. The Balaban J connectivity index is 1.21. The fraction of sp³-hybridized carbons (Fsp3) is 0.520. The fourth-order valence-corrected chi connectivity index (χ4v) is 4.78. The van der Waals surface area contributed by atoms with Crippen LogP contribution in [0.1, 0.15) is 32.1 Å². The molecule has 0 atom stereocenters. The first-order chi connectivity index (χ1) is 16.3. The molecule has 2 fully saturated rings. The number of benzene rings is 1. The quantitative estimate of drug-likeness (QED) is 0.348. The lowest BCUT2D eigenvalue weighted by molar-refractivity contribution is 0.265. The van der Waals surface area contributed by atoms with E-state index in [4.69, 9.17) is 4.74 Å². The maximum absolute atomic E-state index is 6.19. The number of hydrogen-bond acceptors (Lipinski definition) is 7. The smallest absolute Gasteiger partial charge is 0.229 e. The SMILES string of the molecule is c1cc(NCC2CCNCC2)nc(Nc2cc(OCCCN3CCCC3)c3[nH]ccc3c2)n1. The molecular weight excluding hydrogens is 414 g/mol. The van der Waals surface area contributed by atoms with Crippen LogP contribution in [0.2, 0.25) is 0 Å². The minimum Gasteiger partial charge on any atom is -0.491 e. The van der Waals surface area contributed by atoms with Crippen molar-refractivity contribution in [1.82, 2.24) is 25.2 Å². The Morgan fingerprint density at radius 3 is 2.88 bits per heavy atom. The van der Waals surface area contributed by atoms with Crippen molar-refractivity contribution in [3.63, 3.8) is 0 Å². The molecule has 0 saturated carbocycles. The second kappa shape index (κ2) is 10.9. The Labute approximate surface area is 195 Å². The second-order valence-electron chi connectivity index (χ2n) is 9.13. The van der Waals surface area contributed by atoms with Crippen molar-refractivity contribution >= 4 is 28.4 Å². The van der Waals surface area contributed by atoms with Gasteiger partial charge < -0.3 is 30.6 Å². The van der Waals surface area contributed by atoms with Crippen molar-refractivity contribution in [3.05, 3.63) is 36.7 Å². The Morgan fingerprint density at radius 1 is 1.12 bits per heavy atom. The Hall–Kier alpha value is -2.84. The summed E-state index contributed by atoms with van der Waals surface area (Å²) in [6, 6.07) is 8.13. The molecule has 0 spiro atoms. The van der Waals surface area contributed by atoms with Gasteiger partial charge in [0.2, 0.25) is 5.95 Å². The minimum atomic E-state index is 0.583. The van der Waals surface area contributed by atoms with Gasteiger partial charge in [-0.05, 0) is 82.4 Å². The number of aromatic nitrogens is 3. The molecule has 2 aliphatic heterocycles. The van der Waals surface area contributed by atoms with Gasteiger partial charge in [0.1, 0.15) is 11.6 Å². The zero-order valence-electron chi connectivity index (χ0n) is 19.3. The van der Waals surface area contributed by atoms with Crippen LogP contribution in [0.5, 0.6) is 5.75 Å². The van der Waals surface area contributed by atoms with E-state index in [0.29, 0.717) is 18.5 Å². The summed E-state index contributed by atoms with van der Waals surface area (Å²) in [5.74, 6) is 2.99. The fourth-order valence-electron chi connectivity index (χ4n) is 4.78. The molecule has 4 N–H and O–H groups in total. The molecule has 2 saturated heterocycles. The summed E-state index contributed by atoms with van der Waals surface area (Å²) in [6.45, 7) is 7.43. The summed E-state index contributed by atoms with van der Waals surface area (Å²) < 4.78 is 6.19. The van der Waals surface area contributed by atoms with Gasteiger partial charge in [0.15, 0.2) is 0 Å². The highest BCUT2D eigenvalue weighted by atomic mass is 16.5. The lowest BCUT2D eigenvalue weighted by Crippen LogP contribution is -2.31. The molecule has 8 nitrogen and oxygen atoms in total. The van der Waals surface area contributed by atoms with E-state index in [9.17, 15) is 0 Å². The highest BCUT2D eigenvalue weighted by Crippen LogP contribution is 2.30. The van der Waals surface area contributed by atoms with Crippen LogP contribution in [-0.4, -0.2) is 65.7 Å². The number of aromatic amines is 1. The van der Waals surface area contributed by atoms with Gasteiger partial charge in [0.25, 0.3) is 0 Å². The van der Waals surface area contributed by atoms with Gasteiger partial charge in [-0.2, -0.15) is 4.98 Å². The molecule has 0 bridgehead atoms. The zero-order valence-corrected chi connectivity index (χ0v) is 19.3. The third-order valence-electron chi connectivity index (χ3n) is 6.64. The summed E-state index contributed by atoms with van der Waals surface area (Å²) in [6.07, 6.45) is 9.86. The van der Waals surface area contributed by atoms with Gasteiger partial charge in [0, 0.05) is 42.6 Å². The molecule has 8 heteroatoms. The van der Waals surface area contributed by atoms with Gasteiger partial charge in [-0.25, -0.2) is 4.98 Å². The average molecular weight is 450 g/mol. The maximum Gasteiger partial charge on any atom is 0.229 e. The van der Waals surface area contributed by atoms with Crippen LogP contribution in [0.15, 0.2) is 36.7 Å². The van der Waals surface area contributed by atoms with Crippen molar-refractivity contribution in [1.29, 1.82) is 0 Å². The van der Waals surface area contributed by atoms with E-state index in [1.54, 1.807) is 6.20 Å². The molecule has 3 aromatic rings. The van der Waals surface area contributed by atoms with Crippen LogP contribution in [0.3, 0.4) is 0 Å². The highest BCUT2D eigenvalue weighted by Gasteiger charge is 2.14. The van der Waals surface area contributed by atoms with Gasteiger partial charge in [-0.15, -0.1) is 0 Å². The second-order valence-corrected chi connectivity index (χ2v) is 9.13. The Kier molecular flexibility index (Phi) is 7.23. The lowest BCUT2D eigenvalue weighted by atomic mass is 9.98. The summed E-state index contributed by atoms with van der Waals surface area (Å²) >= 11 is 0. The van der Waals surface area contributed by atoms with Crippen molar-refractivity contribution in [2.45, 2.75) is 32.1 Å². The number of nitrogens with zero attached hydrogens (tertiary/aromatic N) is 3. The van der Waals surface area contributed by atoms with E-state index in [1.807, 2.05) is 18.3 Å². The van der Waals surface area contributed by atoms with E-state index in [1.165, 1.54) is 38.8 Å². The molecule has 33 heavy (non-hydrogen) atoms. The van der Waals surface area contributed by atoms with Gasteiger partial charge >= 0.3 is 0 Å². The predicted molar refractivity (Wildman–Crippen MR) is 133 cm³/mol. The molecular formula is C25H35N7O. The molecule has 0 radical (unpaired) electrons. The predicted octanol–water partition coefficient (Wildman–Crippen LogP) is 3.98. The summed E-state index contributed by atoms with van der Waals surface area (Å²) in [5, 5.41) is 11.4. The van der Waals surface area contributed by atoms with E-state index >= 15 is 0 Å². The number of piperidine rings is 1. The molecule has 0 amide bonds. The van der Waals surface area contributed by atoms with Crippen molar-refractivity contribution < 1.29 is 4.74 Å². The van der Waals surface area contributed by atoms with Crippen molar-refractivity contribution in [2.75, 3.05) is 56.5 Å². The first-order valence-corrected chi connectivity index (χ1v) is 12.3. The van der Waals surface area contributed by atoms with Crippen molar-refractivity contribution in [3.8, 4) is 5.75 Å². The van der Waals surface area contributed by atoms with Gasteiger partial charge in [-0.1, -0.05) is 0 Å². The molecule has 176 valence electrons. The van der Waals surface area contributed by atoms with Gasteiger partial charge in [0.05, 0.1) is 12.1 Å². The van der Waals surface area contributed by atoms with Crippen LogP contribution in [0, 0.1) is 5.92 Å². The standard InChI is InChI=1S/C25H35N7O/c1-2-13-32(12-1)14-3-15-33-22-17-21(16-20-6-10-27-24(20)22)30-25-28-11-7-23(31-25)29-18-19-4-8-26-9-5-19/h6-7,10-11,16-17,19,26-27H,1-5,8-9,12-15,18H2,(H2,28,29,30,31). The average Bonchev–Trinajstić information content (AvgIpc) is 3.54. The summed E-state index contributed by atoms with van der Waals surface area (Å²) in [5.41, 5.74) is 1.95.